The second kappa shape index (κ2) is 3.25. The maximum absolute atomic E-state index is 6.08. The summed E-state index contributed by atoms with van der Waals surface area (Å²) in [5, 5.41) is 0. The lowest BCUT2D eigenvalue weighted by Crippen LogP contribution is -2.55. The molecule has 0 amide bonds. The van der Waals surface area contributed by atoms with Gasteiger partial charge in [-0.25, -0.2) is 0 Å². The fourth-order valence-corrected chi connectivity index (χ4v) is 3.38. The molecular formula is C11H22N2. The second-order valence-electron chi connectivity index (χ2n) is 5.21. The summed E-state index contributed by atoms with van der Waals surface area (Å²) in [6, 6.07) is 0.397. The Balaban J connectivity index is 2.08. The predicted octanol–water partition coefficient (Wildman–Crippen LogP) is 1.46. The van der Waals surface area contributed by atoms with Gasteiger partial charge < -0.3 is 10.6 Å². The van der Waals surface area contributed by atoms with Gasteiger partial charge in [0.1, 0.15) is 0 Å². The molecule has 0 aromatic carbocycles. The lowest BCUT2D eigenvalue weighted by molar-refractivity contribution is -0.0357. The molecule has 0 aromatic rings. The van der Waals surface area contributed by atoms with Crippen molar-refractivity contribution in [2.75, 3.05) is 20.1 Å². The number of rotatable bonds is 1. The van der Waals surface area contributed by atoms with Crippen LogP contribution in [0.2, 0.25) is 0 Å². The molecule has 13 heavy (non-hydrogen) atoms. The van der Waals surface area contributed by atoms with Crippen molar-refractivity contribution < 1.29 is 0 Å². The van der Waals surface area contributed by atoms with Crippen molar-refractivity contribution in [1.29, 1.82) is 0 Å². The molecule has 1 saturated carbocycles. The Morgan fingerprint density at radius 3 is 2.62 bits per heavy atom. The second-order valence-corrected chi connectivity index (χ2v) is 5.21. The van der Waals surface area contributed by atoms with Crippen molar-refractivity contribution in [3.8, 4) is 0 Å². The molecule has 2 atom stereocenters. The van der Waals surface area contributed by atoms with E-state index in [9.17, 15) is 0 Å². The number of hydrogen-bond donors (Lipinski definition) is 1. The van der Waals surface area contributed by atoms with E-state index in [0.717, 1.165) is 5.92 Å². The van der Waals surface area contributed by atoms with Crippen LogP contribution >= 0.6 is 0 Å². The molecule has 76 valence electrons. The number of hydrogen-bond acceptors (Lipinski definition) is 2. The Kier molecular flexibility index (Phi) is 2.37. The SMILES string of the molecule is CC(N)C1CCN(C)CC12CCC2. The van der Waals surface area contributed by atoms with Gasteiger partial charge in [0, 0.05) is 12.6 Å². The maximum atomic E-state index is 6.08. The number of nitrogens with zero attached hydrogens (tertiary/aromatic N) is 1. The third-order valence-corrected chi connectivity index (χ3v) is 4.18. The monoisotopic (exact) mass is 182 g/mol. The van der Waals surface area contributed by atoms with E-state index in [1.165, 1.54) is 38.8 Å². The van der Waals surface area contributed by atoms with E-state index in [1.54, 1.807) is 0 Å². The standard InChI is InChI=1S/C11H22N2/c1-9(12)10-4-7-13(2)8-11(10)5-3-6-11/h9-10H,3-8,12H2,1-2H3. The van der Waals surface area contributed by atoms with Gasteiger partial charge in [-0.2, -0.15) is 0 Å². The lowest BCUT2D eigenvalue weighted by atomic mass is 9.57. The third-order valence-electron chi connectivity index (χ3n) is 4.18. The summed E-state index contributed by atoms with van der Waals surface area (Å²) >= 11 is 0. The topological polar surface area (TPSA) is 29.3 Å². The van der Waals surface area contributed by atoms with Crippen molar-refractivity contribution in [3.63, 3.8) is 0 Å². The molecular weight excluding hydrogens is 160 g/mol. The van der Waals surface area contributed by atoms with Gasteiger partial charge in [-0.15, -0.1) is 0 Å². The molecule has 1 heterocycles. The van der Waals surface area contributed by atoms with Gasteiger partial charge in [0.05, 0.1) is 0 Å². The van der Waals surface area contributed by atoms with E-state index in [4.69, 9.17) is 5.73 Å². The summed E-state index contributed by atoms with van der Waals surface area (Å²) in [6.45, 7) is 4.73. The van der Waals surface area contributed by atoms with E-state index >= 15 is 0 Å². The molecule has 0 bridgehead atoms. The van der Waals surface area contributed by atoms with Crippen LogP contribution in [0.15, 0.2) is 0 Å². The highest BCUT2D eigenvalue weighted by Gasteiger charge is 2.47. The maximum Gasteiger partial charge on any atom is 0.00450 e. The normalized spacial score (nSPS) is 35.8. The number of likely N-dealkylation sites (tertiary alicyclic amines) is 1. The molecule has 2 aliphatic rings. The highest BCUT2D eigenvalue weighted by molar-refractivity contribution is 5.00. The summed E-state index contributed by atoms with van der Waals surface area (Å²) in [6.07, 6.45) is 5.58. The quantitative estimate of drug-likeness (QED) is 0.665. The van der Waals surface area contributed by atoms with Crippen LogP contribution in [-0.4, -0.2) is 31.1 Å². The van der Waals surface area contributed by atoms with Crippen LogP contribution < -0.4 is 5.73 Å². The zero-order chi connectivity index (χ0) is 9.47. The predicted molar refractivity (Wildman–Crippen MR) is 55.5 cm³/mol. The fraction of sp³-hybridized carbons (Fsp3) is 1.00. The highest BCUT2D eigenvalue weighted by atomic mass is 15.1. The summed E-state index contributed by atoms with van der Waals surface area (Å²) < 4.78 is 0. The Morgan fingerprint density at radius 1 is 1.46 bits per heavy atom. The zero-order valence-electron chi connectivity index (χ0n) is 8.92. The molecule has 2 rings (SSSR count). The molecule has 2 N–H and O–H groups in total. The van der Waals surface area contributed by atoms with Gasteiger partial charge in [-0.3, -0.25) is 0 Å². The van der Waals surface area contributed by atoms with Crippen molar-refractivity contribution in [1.82, 2.24) is 4.90 Å². The van der Waals surface area contributed by atoms with Gasteiger partial charge >= 0.3 is 0 Å². The van der Waals surface area contributed by atoms with Crippen molar-refractivity contribution in [3.05, 3.63) is 0 Å². The molecule has 0 radical (unpaired) electrons. The molecule has 2 nitrogen and oxygen atoms in total. The van der Waals surface area contributed by atoms with Gasteiger partial charge in [0.2, 0.25) is 0 Å². The average Bonchev–Trinajstić information content (AvgIpc) is 2.00. The van der Waals surface area contributed by atoms with Crippen LogP contribution in [0.5, 0.6) is 0 Å². The van der Waals surface area contributed by atoms with Gasteiger partial charge in [-0.1, -0.05) is 6.42 Å². The average molecular weight is 182 g/mol. The molecule has 1 aliphatic heterocycles. The Labute approximate surface area is 81.5 Å². The van der Waals surface area contributed by atoms with Crippen molar-refractivity contribution in [2.24, 2.45) is 17.1 Å². The van der Waals surface area contributed by atoms with Crippen molar-refractivity contribution >= 4 is 0 Å². The molecule has 1 aliphatic carbocycles. The Bertz CT molecular complexity index is 185. The third kappa shape index (κ3) is 1.50. The minimum absolute atomic E-state index is 0.397. The van der Waals surface area contributed by atoms with Crippen LogP contribution in [0.25, 0.3) is 0 Å². The largest absolute Gasteiger partial charge is 0.328 e. The molecule has 2 fully saturated rings. The minimum Gasteiger partial charge on any atom is -0.328 e. The van der Waals surface area contributed by atoms with Crippen LogP contribution in [0, 0.1) is 11.3 Å². The Morgan fingerprint density at radius 2 is 2.15 bits per heavy atom. The van der Waals surface area contributed by atoms with Crippen LogP contribution in [0.1, 0.15) is 32.6 Å². The summed E-state index contributed by atoms with van der Waals surface area (Å²) in [5.41, 5.74) is 6.69. The van der Waals surface area contributed by atoms with Crippen molar-refractivity contribution in [2.45, 2.75) is 38.6 Å². The first-order chi connectivity index (χ1) is 6.14. The van der Waals surface area contributed by atoms with Crippen LogP contribution in [0.3, 0.4) is 0 Å². The Hall–Kier alpha value is -0.0800. The number of piperidine rings is 1. The van der Waals surface area contributed by atoms with Gasteiger partial charge in [-0.05, 0) is 51.1 Å². The van der Waals surface area contributed by atoms with Gasteiger partial charge in [0.25, 0.3) is 0 Å². The first-order valence-electron chi connectivity index (χ1n) is 5.58. The molecule has 1 spiro atoms. The molecule has 1 saturated heterocycles. The number of nitrogens with two attached hydrogens (primary N) is 1. The molecule has 2 heteroatoms. The molecule has 0 aromatic heterocycles. The minimum atomic E-state index is 0.397. The smallest absolute Gasteiger partial charge is 0.00450 e. The van der Waals surface area contributed by atoms with Crippen LogP contribution in [-0.2, 0) is 0 Å². The summed E-state index contributed by atoms with van der Waals surface area (Å²) in [5.74, 6) is 0.789. The zero-order valence-corrected chi connectivity index (χ0v) is 8.92. The lowest BCUT2D eigenvalue weighted by Gasteiger charge is -2.54. The van der Waals surface area contributed by atoms with E-state index in [2.05, 4.69) is 18.9 Å². The van der Waals surface area contributed by atoms with E-state index in [1.807, 2.05) is 0 Å². The van der Waals surface area contributed by atoms with E-state index < -0.39 is 0 Å². The van der Waals surface area contributed by atoms with E-state index in [-0.39, 0.29) is 0 Å². The first kappa shape index (κ1) is 9.47. The summed E-state index contributed by atoms with van der Waals surface area (Å²) in [4.78, 5) is 2.48. The fourth-order valence-electron chi connectivity index (χ4n) is 3.38. The first-order valence-corrected chi connectivity index (χ1v) is 5.58. The van der Waals surface area contributed by atoms with Gasteiger partial charge in [0.15, 0.2) is 0 Å². The molecule has 2 unspecified atom stereocenters. The van der Waals surface area contributed by atoms with Crippen LogP contribution in [0.4, 0.5) is 0 Å². The van der Waals surface area contributed by atoms with E-state index in [0.29, 0.717) is 11.5 Å². The highest BCUT2D eigenvalue weighted by Crippen LogP contribution is 2.51. The summed E-state index contributed by atoms with van der Waals surface area (Å²) in [7, 11) is 2.25.